The van der Waals surface area contributed by atoms with Gasteiger partial charge in [0.15, 0.2) is 0 Å². The Morgan fingerprint density at radius 3 is 3.00 bits per heavy atom. The lowest BCUT2D eigenvalue weighted by Gasteiger charge is -2.12. The number of aliphatic hydroxyl groups excluding tert-OH is 1. The number of hydrogen-bond donors (Lipinski definition) is 2. The van der Waals surface area contributed by atoms with Crippen LogP contribution >= 0.6 is 0 Å². The van der Waals surface area contributed by atoms with Gasteiger partial charge in [-0.25, -0.2) is 9.97 Å². The molecule has 0 bridgehead atoms. The molecule has 1 heterocycles. The molecule has 0 spiro atoms. The smallest absolute Gasteiger partial charge is 0.147 e. The first-order valence-electron chi connectivity index (χ1n) is 4.28. The summed E-state index contributed by atoms with van der Waals surface area (Å²) >= 11 is 0. The van der Waals surface area contributed by atoms with E-state index >= 15 is 0 Å². The van der Waals surface area contributed by atoms with Crippen LogP contribution in [0.5, 0.6) is 0 Å². The monoisotopic (exact) mass is 192 g/mol. The number of hydrogen-bond acceptors (Lipinski definition) is 5. The van der Waals surface area contributed by atoms with Crippen molar-refractivity contribution in [3.63, 3.8) is 0 Å². The fourth-order valence-electron chi connectivity index (χ4n) is 0.941. The molecule has 14 heavy (non-hydrogen) atoms. The van der Waals surface area contributed by atoms with Crippen LogP contribution in [0.25, 0.3) is 0 Å². The van der Waals surface area contributed by atoms with Crippen LogP contribution in [0, 0.1) is 18.3 Å². The molecular formula is C9H12N4O. The fraction of sp³-hybridized carbons (Fsp3) is 0.444. The largest absolute Gasteiger partial charge is 0.394 e. The van der Waals surface area contributed by atoms with Crippen molar-refractivity contribution in [2.45, 2.75) is 19.9 Å². The molecule has 0 aliphatic carbocycles. The normalized spacial score (nSPS) is 11.9. The topological polar surface area (TPSA) is 81.8 Å². The lowest BCUT2D eigenvalue weighted by molar-refractivity contribution is 0.281. The second kappa shape index (κ2) is 4.53. The third kappa shape index (κ3) is 2.41. The number of nitriles is 1. The van der Waals surface area contributed by atoms with E-state index < -0.39 is 0 Å². The van der Waals surface area contributed by atoms with Crippen LogP contribution in [-0.2, 0) is 0 Å². The highest BCUT2D eigenvalue weighted by atomic mass is 16.3. The van der Waals surface area contributed by atoms with E-state index in [2.05, 4.69) is 15.3 Å². The van der Waals surface area contributed by atoms with E-state index in [1.807, 2.05) is 6.07 Å². The number of nitrogens with zero attached hydrogens (tertiary/aromatic N) is 3. The van der Waals surface area contributed by atoms with E-state index in [0.717, 1.165) is 0 Å². The minimum absolute atomic E-state index is 0.00603. The van der Waals surface area contributed by atoms with Gasteiger partial charge in [-0.1, -0.05) is 0 Å². The van der Waals surface area contributed by atoms with Crippen molar-refractivity contribution in [1.29, 1.82) is 5.26 Å². The molecule has 0 saturated heterocycles. The van der Waals surface area contributed by atoms with Gasteiger partial charge in [-0.05, 0) is 13.8 Å². The van der Waals surface area contributed by atoms with Crippen LogP contribution in [0.15, 0.2) is 6.20 Å². The highest BCUT2D eigenvalue weighted by Crippen LogP contribution is 2.10. The van der Waals surface area contributed by atoms with Crippen LogP contribution in [-0.4, -0.2) is 27.7 Å². The standard InChI is InChI=1S/C9H12N4O/c1-6(5-14)12-9-8(3-10)4-11-7(2)13-9/h4,6,14H,5H2,1-2H3,(H,11,12,13). The molecular weight excluding hydrogens is 180 g/mol. The maximum atomic E-state index is 8.84. The number of rotatable bonds is 3. The Morgan fingerprint density at radius 2 is 2.43 bits per heavy atom. The van der Waals surface area contributed by atoms with Gasteiger partial charge < -0.3 is 10.4 Å². The second-order valence-electron chi connectivity index (χ2n) is 3.02. The number of aliphatic hydroxyl groups is 1. The summed E-state index contributed by atoms with van der Waals surface area (Å²) in [7, 11) is 0. The van der Waals surface area contributed by atoms with Gasteiger partial charge in [0.05, 0.1) is 12.8 Å². The van der Waals surface area contributed by atoms with Crippen LogP contribution in [0.3, 0.4) is 0 Å². The Bertz CT molecular complexity index is 358. The summed E-state index contributed by atoms with van der Waals surface area (Å²) < 4.78 is 0. The first-order valence-corrected chi connectivity index (χ1v) is 4.28. The maximum absolute atomic E-state index is 8.84. The van der Waals surface area contributed by atoms with Crippen LogP contribution in [0.4, 0.5) is 5.82 Å². The minimum Gasteiger partial charge on any atom is -0.394 e. The molecule has 1 unspecified atom stereocenters. The van der Waals surface area contributed by atoms with Crippen molar-refractivity contribution in [1.82, 2.24) is 9.97 Å². The Hall–Kier alpha value is -1.67. The molecule has 5 heteroatoms. The first-order chi connectivity index (χ1) is 6.67. The molecule has 0 aliphatic heterocycles. The Labute approximate surface area is 82.4 Å². The second-order valence-corrected chi connectivity index (χ2v) is 3.02. The number of aromatic nitrogens is 2. The molecule has 0 saturated carbocycles. The summed E-state index contributed by atoms with van der Waals surface area (Å²) in [5, 5.41) is 20.5. The van der Waals surface area contributed by atoms with Crippen LogP contribution in [0.1, 0.15) is 18.3 Å². The summed E-state index contributed by atoms with van der Waals surface area (Å²) in [6.45, 7) is 3.54. The summed E-state index contributed by atoms with van der Waals surface area (Å²) in [5.41, 5.74) is 0.385. The van der Waals surface area contributed by atoms with E-state index in [1.165, 1.54) is 6.20 Å². The zero-order chi connectivity index (χ0) is 10.6. The number of nitrogens with one attached hydrogen (secondary N) is 1. The maximum Gasteiger partial charge on any atom is 0.147 e. The SMILES string of the molecule is Cc1ncc(C#N)c(NC(C)CO)n1. The zero-order valence-corrected chi connectivity index (χ0v) is 8.15. The highest BCUT2D eigenvalue weighted by molar-refractivity contribution is 5.50. The summed E-state index contributed by atoms with van der Waals surface area (Å²) in [4.78, 5) is 7.98. The molecule has 5 nitrogen and oxygen atoms in total. The molecule has 0 radical (unpaired) electrons. The summed E-state index contributed by atoms with van der Waals surface area (Å²) in [5.74, 6) is 1.07. The third-order valence-corrected chi connectivity index (χ3v) is 1.69. The minimum atomic E-state index is -0.128. The Morgan fingerprint density at radius 1 is 1.71 bits per heavy atom. The summed E-state index contributed by atoms with van der Waals surface area (Å²) in [6, 6.07) is 1.85. The molecule has 1 rings (SSSR count). The van der Waals surface area contributed by atoms with Crippen molar-refractivity contribution in [3.8, 4) is 6.07 Å². The molecule has 1 aromatic heterocycles. The predicted molar refractivity (Wildman–Crippen MR) is 51.7 cm³/mol. The average molecular weight is 192 g/mol. The van der Waals surface area contributed by atoms with Crippen LogP contribution < -0.4 is 5.32 Å². The van der Waals surface area contributed by atoms with Crippen molar-refractivity contribution in [3.05, 3.63) is 17.6 Å². The lowest BCUT2D eigenvalue weighted by Crippen LogP contribution is -2.21. The van der Waals surface area contributed by atoms with E-state index in [1.54, 1.807) is 13.8 Å². The molecule has 0 amide bonds. The third-order valence-electron chi connectivity index (χ3n) is 1.69. The summed E-state index contributed by atoms with van der Waals surface area (Å²) in [6.07, 6.45) is 1.47. The molecule has 2 N–H and O–H groups in total. The Kier molecular flexibility index (Phi) is 3.37. The van der Waals surface area contributed by atoms with Gasteiger partial charge in [-0.2, -0.15) is 5.26 Å². The van der Waals surface area contributed by atoms with E-state index in [-0.39, 0.29) is 12.6 Å². The van der Waals surface area contributed by atoms with Gasteiger partial charge in [0, 0.05) is 6.04 Å². The lowest BCUT2D eigenvalue weighted by atomic mass is 10.3. The zero-order valence-electron chi connectivity index (χ0n) is 8.15. The predicted octanol–water partition coefficient (Wildman–Crippen LogP) is 0.449. The molecule has 0 aromatic carbocycles. The Balaban J connectivity index is 2.94. The van der Waals surface area contributed by atoms with Crippen LogP contribution in [0.2, 0.25) is 0 Å². The van der Waals surface area contributed by atoms with Gasteiger partial charge in [0.1, 0.15) is 23.3 Å². The van der Waals surface area contributed by atoms with Crippen molar-refractivity contribution in [2.24, 2.45) is 0 Å². The molecule has 1 atom stereocenters. The van der Waals surface area contributed by atoms with Crippen molar-refractivity contribution in [2.75, 3.05) is 11.9 Å². The van der Waals surface area contributed by atoms with Gasteiger partial charge in [-0.3, -0.25) is 0 Å². The van der Waals surface area contributed by atoms with Crippen molar-refractivity contribution >= 4 is 5.82 Å². The van der Waals surface area contributed by atoms with Crippen molar-refractivity contribution < 1.29 is 5.11 Å². The van der Waals surface area contributed by atoms with E-state index in [0.29, 0.717) is 17.2 Å². The van der Waals surface area contributed by atoms with Gasteiger partial charge in [-0.15, -0.1) is 0 Å². The highest BCUT2D eigenvalue weighted by Gasteiger charge is 2.07. The molecule has 74 valence electrons. The molecule has 0 fully saturated rings. The van der Waals surface area contributed by atoms with E-state index in [9.17, 15) is 0 Å². The van der Waals surface area contributed by atoms with Gasteiger partial charge in [0.2, 0.25) is 0 Å². The first kappa shape index (κ1) is 10.4. The van der Waals surface area contributed by atoms with Gasteiger partial charge >= 0.3 is 0 Å². The number of anilines is 1. The molecule has 0 aliphatic rings. The average Bonchev–Trinajstić information content (AvgIpc) is 2.18. The quantitative estimate of drug-likeness (QED) is 0.726. The number of aryl methyl sites for hydroxylation is 1. The molecule has 1 aromatic rings. The fourth-order valence-corrected chi connectivity index (χ4v) is 0.941. The van der Waals surface area contributed by atoms with Gasteiger partial charge in [0.25, 0.3) is 0 Å². The van der Waals surface area contributed by atoms with E-state index in [4.69, 9.17) is 10.4 Å².